The Morgan fingerprint density at radius 2 is 1.88 bits per heavy atom. The van der Waals surface area contributed by atoms with Crippen molar-refractivity contribution in [2.24, 2.45) is 7.05 Å². The molecule has 1 amide bonds. The number of Topliss-reactive ketones (excluding diaryl/α,β-unsaturated/α-hetero) is 1. The number of halogens is 1. The van der Waals surface area contributed by atoms with Gasteiger partial charge in [0.25, 0.3) is 5.91 Å². The lowest BCUT2D eigenvalue weighted by Crippen LogP contribution is -2.31. The molecule has 0 fully saturated rings. The summed E-state index contributed by atoms with van der Waals surface area (Å²) in [5.74, 6) is -1.23. The van der Waals surface area contributed by atoms with Crippen molar-refractivity contribution in [1.82, 2.24) is 9.88 Å². The number of amides is 1. The van der Waals surface area contributed by atoms with Crippen molar-refractivity contribution in [3.63, 3.8) is 0 Å². The van der Waals surface area contributed by atoms with Crippen molar-refractivity contribution in [3.05, 3.63) is 58.4 Å². The third-order valence-corrected chi connectivity index (χ3v) is 3.95. The highest BCUT2D eigenvalue weighted by molar-refractivity contribution is 6.30. The van der Waals surface area contributed by atoms with Gasteiger partial charge in [-0.2, -0.15) is 0 Å². The maximum atomic E-state index is 12.1. The number of nitrogens with one attached hydrogen (secondary N) is 1. The van der Waals surface area contributed by atoms with Crippen LogP contribution in [0.4, 0.5) is 0 Å². The predicted molar refractivity (Wildman–Crippen MR) is 93.7 cm³/mol. The van der Waals surface area contributed by atoms with Gasteiger partial charge in [-0.15, -0.1) is 0 Å². The Hall–Kier alpha value is -2.60. The number of hydrogen-bond donors (Lipinski definition) is 1. The molecular formula is C18H19ClN2O4. The Balaban J connectivity index is 1.90. The topological polar surface area (TPSA) is 77.4 Å². The summed E-state index contributed by atoms with van der Waals surface area (Å²) in [6, 6.07) is 8.30. The maximum absolute atomic E-state index is 12.1. The Kier molecular flexibility index (Phi) is 5.98. The number of rotatable bonds is 6. The number of hydrogen-bond acceptors (Lipinski definition) is 4. The lowest BCUT2D eigenvalue weighted by Gasteiger charge is -2.14. The molecular weight excluding hydrogens is 344 g/mol. The van der Waals surface area contributed by atoms with E-state index in [0.717, 1.165) is 5.56 Å². The number of carbonyl (C=O) groups is 3. The van der Waals surface area contributed by atoms with Crippen molar-refractivity contribution in [3.8, 4) is 0 Å². The van der Waals surface area contributed by atoms with Gasteiger partial charge >= 0.3 is 5.97 Å². The first kappa shape index (κ1) is 18.7. The van der Waals surface area contributed by atoms with E-state index in [4.69, 9.17) is 16.3 Å². The van der Waals surface area contributed by atoms with Gasteiger partial charge in [-0.25, -0.2) is 4.79 Å². The van der Waals surface area contributed by atoms with E-state index in [1.807, 2.05) is 19.1 Å². The molecule has 0 aliphatic heterocycles. The first-order valence-electron chi connectivity index (χ1n) is 7.67. The van der Waals surface area contributed by atoms with E-state index in [9.17, 15) is 14.4 Å². The zero-order valence-electron chi connectivity index (χ0n) is 14.2. The lowest BCUT2D eigenvalue weighted by molar-refractivity contribution is -0.124. The van der Waals surface area contributed by atoms with E-state index in [1.165, 1.54) is 17.6 Å². The second-order valence-corrected chi connectivity index (χ2v) is 6.13. The normalized spacial score (nSPS) is 11.7. The molecule has 0 unspecified atom stereocenters. The van der Waals surface area contributed by atoms with Crippen LogP contribution in [0, 0.1) is 0 Å². The lowest BCUT2D eigenvalue weighted by atomic mass is 10.1. The molecule has 1 aromatic heterocycles. The molecule has 0 saturated carbocycles. The van der Waals surface area contributed by atoms with E-state index >= 15 is 0 Å². The predicted octanol–water partition coefficient (Wildman–Crippen LogP) is 2.92. The highest BCUT2D eigenvalue weighted by atomic mass is 35.5. The van der Waals surface area contributed by atoms with Crippen LogP contribution in [-0.4, -0.2) is 28.8 Å². The summed E-state index contributed by atoms with van der Waals surface area (Å²) in [5, 5.41) is 3.35. The molecule has 0 spiro atoms. The third kappa shape index (κ3) is 4.93. The standard InChI is InChI=1S/C18H19ClN2O4/c1-11(13-4-6-15(19)7-5-13)20-17(23)10-25-18(24)16-8-14(12(2)22)9-21(16)3/h4-9,11H,10H2,1-3H3,(H,20,23)/t11-/m0/s1. The molecule has 2 rings (SSSR count). The van der Waals surface area contributed by atoms with E-state index in [0.29, 0.717) is 10.6 Å². The van der Waals surface area contributed by atoms with Crippen LogP contribution in [-0.2, 0) is 16.6 Å². The van der Waals surface area contributed by atoms with Crippen LogP contribution in [0.2, 0.25) is 5.02 Å². The number of aryl methyl sites for hydroxylation is 1. The third-order valence-electron chi connectivity index (χ3n) is 3.70. The van der Waals surface area contributed by atoms with Gasteiger partial charge in [0, 0.05) is 23.8 Å². The SMILES string of the molecule is CC(=O)c1cc(C(=O)OCC(=O)N[C@@H](C)c2ccc(Cl)cc2)n(C)c1. The van der Waals surface area contributed by atoms with Gasteiger partial charge in [-0.05, 0) is 37.6 Å². The number of carbonyl (C=O) groups excluding carboxylic acids is 3. The minimum Gasteiger partial charge on any atom is -0.451 e. The highest BCUT2D eigenvalue weighted by Crippen LogP contribution is 2.16. The summed E-state index contributed by atoms with van der Waals surface area (Å²) in [5.41, 5.74) is 1.51. The molecule has 7 heteroatoms. The number of aromatic nitrogens is 1. The van der Waals surface area contributed by atoms with Crippen LogP contribution in [0.1, 0.15) is 46.3 Å². The molecule has 0 aliphatic rings. The van der Waals surface area contributed by atoms with E-state index in [2.05, 4.69) is 5.32 Å². The summed E-state index contributed by atoms with van der Waals surface area (Å²) >= 11 is 5.83. The van der Waals surface area contributed by atoms with Gasteiger partial charge in [0.1, 0.15) is 5.69 Å². The first-order valence-corrected chi connectivity index (χ1v) is 8.05. The molecule has 1 atom stereocenters. The zero-order chi connectivity index (χ0) is 18.6. The molecule has 25 heavy (non-hydrogen) atoms. The van der Waals surface area contributed by atoms with E-state index < -0.39 is 18.5 Å². The Morgan fingerprint density at radius 3 is 2.44 bits per heavy atom. The Morgan fingerprint density at radius 1 is 1.24 bits per heavy atom. The molecule has 0 saturated heterocycles. The molecule has 132 valence electrons. The second kappa shape index (κ2) is 7.98. The van der Waals surface area contributed by atoms with Crippen LogP contribution in [0.5, 0.6) is 0 Å². The quantitative estimate of drug-likeness (QED) is 0.633. The van der Waals surface area contributed by atoms with Crippen molar-refractivity contribution >= 4 is 29.3 Å². The fraction of sp³-hybridized carbons (Fsp3) is 0.278. The van der Waals surface area contributed by atoms with E-state index in [-0.39, 0.29) is 17.5 Å². The van der Waals surface area contributed by atoms with Crippen molar-refractivity contribution in [1.29, 1.82) is 0 Å². The van der Waals surface area contributed by atoms with Gasteiger partial charge in [-0.3, -0.25) is 9.59 Å². The molecule has 1 heterocycles. The second-order valence-electron chi connectivity index (χ2n) is 5.70. The number of benzene rings is 1. The van der Waals surface area contributed by atoms with Crippen LogP contribution in [0.15, 0.2) is 36.5 Å². The number of ether oxygens (including phenoxy) is 1. The molecule has 0 radical (unpaired) electrons. The monoisotopic (exact) mass is 362 g/mol. The van der Waals surface area contributed by atoms with E-state index in [1.54, 1.807) is 25.4 Å². The summed E-state index contributed by atoms with van der Waals surface area (Å²) in [7, 11) is 1.63. The number of nitrogens with zero attached hydrogens (tertiary/aromatic N) is 1. The fourth-order valence-electron chi connectivity index (χ4n) is 2.28. The summed E-state index contributed by atoms with van der Waals surface area (Å²) in [4.78, 5) is 35.3. The number of esters is 1. The average molecular weight is 363 g/mol. The Bertz CT molecular complexity index is 796. The number of ketones is 1. The van der Waals surface area contributed by atoms with Crippen LogP contribution < -0.4 is 5.32 Å². The Labute approximate surface area is 150 Å². The van der Waals surface area contributed by atoms with Gasteiger partial charge < -0.3 is 14.6 Å². The smallest absolute Gasteiger partial charge is 0.355 e. The van der Waals surface area contributed by atoms with Gasteiger partial charge in [0.05, 0.1) is 6.04 Å². The van der Waals surface area contributed by atoms with Crippen LogP contribution >= 0.6 is 11.6 Å². The minimum atomic E-state index is -0.663. The average Bonchev–Trinajstić information content (AvgIpc) is 2.95. The molecule has 0 aliphatic carbocycles. The van der Waals surface area contributed by atoms with Crippen LogP contribution in [0.3, 0.4) is 0 Å². The summed E-state index contributed by atoms with van der Waals surface area (Å²) < 4.78 is 6.51. The van der Waals surface area contributed by atoms with Crippen LogP contribution in [0.25, 0.3) is 0 Å². The zero-order valence-corrected chi connectivity index (χ0v) is 15.0. The first-order chi connectivity index (χ1) is 11.8. The molecule has 6 nitrogen and oxygen atoms in total. The van der Waals surface area contributed by atoms with Crippen molar-refractivity contribution in [2.75, 3.05) is 6.61 Å². The van der Waals surface area contributed by atoms with Gasteiger partial charge in [-0.1, -0.05) is 23.7 Å². The van der Waals surface area contributed by atoms with Gasteiger partial charge in [0.15, 0.2) is 12.4 Å². The molecule has 1 N–H and O–H groups in total. The van der Waals surface area contributed by atoms with Crippen molar-refractivity contribution < 1.29 is 19.1 Å². The molecule has 1 aromatic carbocycles. The summed E-state index contributed by atoms with van der Waals surface area (Å²) in [6.45, 7) is 2.83. The maximum Gasteiger partial charge on any atom is 0.355 e. The largest absolute Gasteiger partial charge is 0.451 e. The highest BCUT2D eigenvalue weighted by Gasteiger charge is 2.17. The minimum absolute atomic E-state index is 0.149. The fourth-order valence-corrected chi connectivity index (χ4v) is 2.41. The molecule has 0 bridgehead atoms. The molecule has 2 aromatic rings. The van der Waals surface area contributed by atoms with Gasteiger partial charge in [0.2, 0.25) is 0 Å². The summed E-state index contributed by atoms with van der Waals surface area (Å²) in [6.07, 6.45) is 1.54. The van der Waals surface area contributed by atoms with Crippen molar-refractivity contribution in [2.45, 2.75) is 19.9 Å².